The topological polar surface area (TPSA) is 16.1 Å². The van der Waals surface area contributed by atoms with Crippen LogP contribution in [0.4, 0.5) is 17.1 Å². The van der Waals surface area contributed by atoms with Gasteiger partial charge in [-0.05, 0) is 76.0 Å². The predicted molar refractivity (Wildman–Crippen MR) is 175 cm³/mol. The molecule has 4 heteroatoms. The van der Waals surface area contributed by atoms with Crippen molar-refractivity contribution in [3.05, 3.63) is 145 Å². The molecule has 0 N–H and O–H groups in total. The van der Waals surface area contributed by atoms with Gasteiger partial charge in [0.25, 0.3) is 0 Å². The fourth-order valence-electron chi connectivity index (χ4n) is 5.64. The Balaban J connectivity index is 1.30. The summed E-state index contributed by atoms with van der Waals surface area (Å²) >= 11 is 3.63. The van der Waals surface area contributed by atoms with Crippen LogP contribution < -0.4 is 4.90 Å². The van der Waals surface area contributed by atoms with E-state index in [1.807, 2.05) is 18.0 Å². The van der Waals surface area contributed by atoms with E-state index < -0.39 is 0 Å². The summed E-state index contributed by atoms with van der Waals surface area (Å²) in [6.45, 7) is 0. The van der Waals surface area contributed by atoms with Crippen molar-refractivity contribution < 1.29 is 0 Å². The van der Waals surface area contributed by atoms with Gasteiger partial charge in [-0.15, -0.1) is 11.3 Å². The predicted octanol–water partition coefficient (Wildman–Crippen LogP) is 11.2. The number of hydrogen-bond donors (Lipinski definition) is 0. The molecule has 0 bridgehead atoms. The zero-order valence-corrected chi connectivity index (χ0v) is 23.7. The van der Waals surface area contributed by atoms with Crippen molar-refractivity contribution >= 4 is 50.9 Å². The number of benzene rings is 5. The van der Waals surface area contributed by atoms with E-state index in [1.165, 1.54) is 48.1 Å². The second kappa shape index (κ2) is 10.1. The van der Waals surface area contributed by atoms with Gasteiger partial charge in [-0.1, -0.05) is 96.7 Å². The highest BCUT2D eigenvalue weighted by Crippen LogP contribution is 2.53. The summed E-state index contributed by atoms with van der Waals surface area (Å²) in [5.74, 6) is 0. The van der Waals surface area contributed by atoms with Gasteiger partial charge in [-0.25, -0.2) is 0 Å². The van der Waals surface area contributed by atoms with E-state index in [2.05, 4.69) is 144 Å². The molecule has 7 aromatic rings. The molecule has 1 aliphatic heterocycles. The molecule has 0 atom stereocenters. The highest BCUT2D eigenvalue weighted by Gasteiger charge is 2.26. The van der Waals surface area contributed by atoms with Crippen molar-refractivity contribution in [2.45, 2.75) is 9.79 Å². The molecule has 2 aromatic heterocycles. The van der Waals surface area contributed by atoms with Crippen LogP contribution in [0, 0.1) is 0 Å². The zero-order valence-electron chi connectivity index (χ0n) is 22.1. The van der Waals surface area contributed by atoms with Crippen LogP contribution in [-0.4, -0.2) is 4.98 Å². The molecule has 0 aliphatic carbocycles. The van der Waals surface area contributed by atoms with E-state index in [4.69, 9.17) is 4.98 Å². The number of aromatic nitrogens is 1. The Hall–Kier alpha value is -4.64. The smallest absolute Gasteiger partial charge is 0.0781 e. The monoisotopic (exact) mass is 560 g/mol. The van der Waals surface area contributed by atoms with Gasteiger partial charge in [0.1, 0.15) is 0 Å². The molecule has 1 aliphatic rings. The molecule has 8 rings (SSSR count). The van der Waals surface area contributed by atoms with Crippen LogP contribution in [0.1, 0.15) is 0 Å². The summed E-state index contributed by atoms with van der Waals surface area (Å²) in [6, 6.07) is 48.0. The minimum absolute atomic E-state index is 1.00. The average molecular weight is 561 g/mol. The molecular weight excluding hydrogens is 537 g/mol. The third-order valence-corrected chi connectivity index (χ3v) is 9.60. The number of rotatable bonds is 4. The van der Waals surface area contributed by atoms with Crippen molar-refractivity contribution in [3.8, 4) is 32.8 Å². The average Bonchev–Trinajstić information content (AvgIpc) is 3.59. The maximum Gasteiger partial charge on any atom is 0.0781 e. The second-order valence-corrected chi connectivity index (χ2v) is 12.1. The first-order valence-corrected chi connectivity index (χ1v) is 15.3. The molecule has 2 nitrogen and oxygen atoms in total. The fourth-order valence-corrected chi connectivity index (χ4v) is 7.50. The molecule has 194 valence electrons. The zero-order chi connectivity index (χ0) is 27.2. The SMILES string of the molecule is c1ccc(-c2ccc3c(c2)Sc2cc(-c4cccs4)ccc2N3c2cccc(-c3nccc4ccccc34)c2)cc1. The van der Waals surface area contributed by atoms with Crippen LogP contribution in [-0.2, 0) is 0 Å². The lowest BCUT2D eigenvalue weighted by Crippen LogP contribution is -2.15. The summed E-state index contributed by atoms with van der Waals surface area (Å²) < 4.78 is 0. The van der Waals surface area contributed by atoms with Crippen molar-refractivity contribution in [1.29, 1.82) is 0 Å². The quantitative estimate of drug-likeness (QED) is 0.213. The van der Waals surface area contributed by atoms with Crippen LogP contribution in [0.5, 0.6) is 0 Å². The van der Waals surface area contributed by atoms with Crippen LogP contribution in [0.15, 0.2) is 155 Å². The van der Waals surface area contributed by atoms with E-state index >= 15 is 0 Å². The molecule has 0 radical (unpaired) electrons. The lowest BCUT2D eigenvalue weighted by molar-refractivity contribution is 1.17. The number of thiophene rings is 1. The van der Waals surface area contributed by atoms with Crippen LogP contribution in [0.3, 0.4) is 0 Å². The first-order valence-electron chi connectivity index (χ1n) is 13.6. The molecule has 3 heterocycles. The molecule has 41 heavy (non-hydrogen) atoms. The largest absolute Gasteiger partial charge is 0.308 e. The standard InChI is InChI=1S/C37H24N2S2/c1-2-8-25(9-3-1)27-15-17-32-35(23-27)41-36-24-28(34-14-7-21-40-34)16-18-33(36)39(32)30-12-6-11-29(22-30)37-31-13-5-4-10-26(31)19-20-38-37/h1-24H. The number of fused-ring (bicyclic) bond motifs is 3. The van der Waals surface area contributed by atoms with Crippen LogP contribution in [0.2, 0.25) is 0 Å². The highest BCUT2D eigenvalue weighted by atomic mass is 32.2. The van der Waals surface area contributed by atoms with Crippen molar-refractivity contribution in [2.24, 2.45) is 0 Å². The Morgan fingerprint density at radius 1 is 0.537 bits per heavy atom. The molecule has 0 saturated heterocycles. The van der Waals surface area contributed by atoms with Gasteiger partial charge in [-0.3, -0.25) is 4.98 Å². The molecule has 0 unspecified atom stereocenters. The number of anilines is 3. The van der Waals surface area contributed by atoms with Crippen LogP contribution >= 0.6 is 23.1 Å². The Morgan fingerprint density at radius 3 is 2.12 bits per heavy atom. The van der Waals surface area contributed by atoms with E-state index in [0.717, 1.165) is 22.3 Å². The fraction of sp³-hybridized carbons (Fsp3) is 0. The Labute approximate surface area is 247 Å². The molecule has 0 amide bonds. The van der Waals surface area contributed by atoms with E-state index in [9.17, 15) is 0 Å². The van der Waals surface area contributed by atoms with Gasteiger partial charge in [0.2, 0.25) is 0 Å². The van der Waals surface area contributed by atoms with Gasteiger partial charge in [0, 0.05) is 37.5 Å². The van der Waals surface area contributed by atoms with Gasteiger partial charge >= 0.3 is 0 Å². The van der Waals surface area contributed by atoms with E-state index in [0.29, 0.717) is 0 Å². The van der Waals surface area contributed by atoms with Crippen molar-refractivity contribution in [1.82, 2.24) is 4.98 Å². The summed E-state index contributed by atoms with van der Waals surface area (Å²) in [6.07, 6.45) is 1.91. The third kappa shape index (κ3) is 4.33. The summed E-state index contributed by atoms with van der Waals surface area (Å²) in [5, 5.41) is 4.50. The first kappa shape index (κ1) is 24.2. The number of nitrogens with zero attached hydrogens (tertiary/aromatic N) is 2. The Kier molecular flexibility index (Phi) is 5.94. The summed E-state index contributed by atoms with van der Waals surface area (Å²) in [5.41, 5.74) is 9.32. The van der Waals surface area contributed by atoms with E-state index in [-0.39, 0.29) is 0 Å². The van der Waals surface area contributed by atoms with Crippen molar-refractivity contribution in [3.63, 3.8) is 0 Å². The minimum Gasteiger partial charge on any atom is -0.308 e. The molecule has 5 aromatic carbocycles. The normalized spacial score (nSPS) is 12.2. The molecular formula is C37H24N2S2. The minimum atomic E-state index is 1.00. The first-order chi connectivity index (χ1) is 20.3. The lowest BCUT2D eigenvalue weighted by atomic mass is 10.0. The second-order valence-electron chi connectivity index (χ2n) is 10.1. The van der Waals surface area contributed by atoms with Gasteiger partial charge in [0.05, 0.1) is 17.1 Å². The highest BCUT2D eigenvalue weighted by molar-refractivity contribution is 7.99. The number of hydrogen-bond acceptors (Lipinski definition) is 4. The molecule has 0 saturated carbocycles. The summed E-state index contributed by atoms with van der Waals surface area (Å²) in [4.78, 5) is 11.0. The van der Waals surface area contributed by atoms with Gasteiger partial charge < -0.3 is 4.90 Å². The lowest BCUT2D eigenvalue weighted by Gasteiger charge is -2.33. The maximum atomic E-state index is 4.82. The summed E-state index contributed by atoms with van der Waals surface area (Å²) in [7, 11) is 0. The maximum absolute atomic E-state index is 4.82. The van der Waals surface area contributed by atoms with Crippen molar-refractivity contribution in [2.75, 3.05) is 4.90 Å². The molecule has 0 fully saturated rings. The van der Waals surface area contributed by atoms with E-state index in [1.54, 1.807) is 11.3 Å². The Morgan fingerprint density at radius 2 is 1.29 bits per heavy atom. The third-order valence-electron chi connectivity index (χ3n) is 7.59. The Bertz CT molecular complexity index is 2030. The van der Waals surface area contributed by atoms with Crippen LogP contribution in [0.25, 0.3) is 43.6 Å². The van der Waals surface area contributed by atoms with Gasteiger partial charge in [0.15, 0.2) is 0 Å². The van der Waals surface area contributed by atoms with Gasteiger partial charge in [-0.2, -0.15) is 0 Å². The number of pyridine rings is 1. The molecule has 0 spiro atoms.